The number of hydrogen-bond donors (Lipinski definition) is 2. The molecule has 3 amide bonds. The van der Waals surface area contributed by atoms with Gasteiger partial charge in [0.2, 0.25) is 11.8 Å². The normalized spacial score (nSPS) is 21.3. The third-order valence-corrected chi connectivity index (χ3v) is 9.67. The quantitative estimate of drug-likeness (QED) is 0.248. The number of amides is 3. The highest BCUT2D eigenvalue weighted by Gasteiger charge is 2.36. The van der Waals surface area contributed by atoms with Crippen LogP contribution in [0.15, 0.2) is 91.0 Å². The number of benzene rings is 3. The fraction of sp³-hybridized carbons (Fsp3) is 0.385. The summed E-state index contributed by atoms with van der Waals surface area (Å²) in [7, 11) is 0. The van der Waals surface area contributed by atoms with Gasteiger partial charge in [-0.25, -0.2) is 9.59 Å². The Kier molecular flexibility index (Phi) is 11.0. The van der Waals surface area contributed by atoms with E-state index in [9.17, 15) is 24.3 Å². The maximum absolute atomic E-state index is 13.8. The highest BCUT2D eigenvalue weighted by atomic mass is 16.6. The number of esters is 1. The molecule has 1 aliphatic carbocycles. The van der Waals surface area contributed by atoms with E-state index in [-0.39, 0.29) is 63.0 Å². The number of alkyl carbamates (subject to hydrolysis) is 1. The summed E-state index contributed by atoms with van der Waals surface area (Å²) in [6.45, 7) is 0.945. The number of nitrogens with zero attached hydrogens (tertiary/aromatic N) is 2. The zero-order valence-corrected chi connectivity index (χ0v) is 27.5. The predicted octanol–water partition coefficient (Wildman–Crippen LogP) is 4.81. The highest BCUT2D eigenvalue weighted by molar-refractivity contribution is 5.87. The van der Waals surface area contributed by atoms with Gasteiger partial charge in [-0.2, -0.15) is 0 Å². The topological polar surface area (TPSA) is 125 Å². The smallest absolute Gasteiger partial charge is 0.407 e. The van der Waals surface area contributed by atoms with Gasteiger partial charge in [0, 0.05) is 32.0 Å². The zero-order valence-electron chi connectivity index (χ0n) is 27.5. The minimum absolute atomic E-state index is 0.00245. The molecular formula is C39H43N3O7. The second-order valence-electron chi connectivity index (χ2n) is 12.8. The maximum Gasteiger partial charge on any atom is 0.407 e. The van der Waals surface area contributed by atoms with Crippen molar-refractivity contribution >= 4 is 23.9 Å². The lowest BCUT2D eigenvalue weighted by Gasteiger charge is -2.30. The molecule has 0 aromatic heterocycles. The number of cyclic esters (lactones) is 1. The third-order valence-electron chi connectivity index (χ3n) is 9.67. The average Bonchev–Trinajstić information content (AvgIpc) is 3.72. The van der Waals surface area contributed by atoms with E-state index in [1.807, 2.05) is 66.7 Å². The van der Waals surface area contributed by atoms with Crippen molar-refractivity contribution in [3.8, 4) is 11.1 Å². The van der Waals surface area contributed by atoms with Crippen LogP contribution in [0, 0.1) is 5.92 Å². The summed E-state index contributed by atoms with van der Waals surface area (Å²) >= 11 is 0. The molecule has 0 spiro atoms. The zero-order chi connectivity index (χ0) is 34.2. The van der Waals surface area contributed by atoms with E-state index in [2.05, 4.69) is 17.4 Å². The van der Waals surface area contributed by atoms with Crippen molar-refractivity contribution in [2.45, 2.75) is 56.7 Å². The Morgan fingerprint density at radius 1 is 0.918 bits per heavy atom. The second kappa shape index (κ2) is 16.0. The monoisotopic (exact) mass is 665 g/mol. The van der Waals surface area contributed by atoms with E-state index in [1.165, 1.54) is 0 Å². The lowest BCUT2D eigenvalue weighted by atomic mass is 9.97. The van der Waals surface area contributed by atoms with Crippen LogP contribution in [0.1, 0.15) is 54.7 Å². The first-order chi connectivity index (χ1) is 23.9. The number of carbonyl (C=O) groups excluding carboxylic acids is 4. The van der Waals surface area contributed by atoms with Gasteiger partial charge >= 0.3 is 12.1 Å². The molecule has 3 aromatic carbocycles. The number of fused-ring (bicyclic) bond motifs is 4. The van der Waals surface area contributed by atoms with Gasteiger partial charge in [-0.05, 0) is 53.5 Å². The molecule has 1 saturated heterocycles. The van der Waals surface area contributed by atoms with Crippen molar-refractivity contribution in [2.75, 3.05) is 32.9 Å². The van der Waals surface area contributed by atoms with Crippen molar-refractivity contribution in [1.82, 2.24) is 15.1 Å². The predicted molar refractivity (Wildman–Crippen MR) is 183 cm³/mol. The molecule has 2 aliphatic heterocycles. The summed E-state index contributed by atoms with van der Waals surface area (Å²) in [5, 5.41) is 12.4. The van der Waals surface area contributed by atoms with E-state index in [1.54, 1.807) is 22.0 Å². The van der Waals surface area contributed by atoms with E-state index in [4.69, 9.17) is 9.47 Å². The van der Waals surface area contributed by atoms with Crippen molar-refractivity contribution in [3.05, 3.63) is 108 Å². The van der Waals surface area contributed by atoms with E-state index >= 15 is 0 Å². The van der Waals surface area contributed by atoms with E-state index in [0.717, 1.165) is 34.2 Å². The number of ether oxygens (including phenoxy) is 2. The first-order valence-electron chi connectivity index (χ1n) is 17.1. The van der Waals surface area contributed by atoms with Crippen LogP contribution in [0.4, 0.5) is 4.79 Å². The molecule has 10 nitrogen and oxygen atoms in total. The van der Waals surface area contributed by atoms with Crippen molar-refractivity contribution in [2.24, 2.45) is 5.92 Å². The van der Waals surface area contributed by atoms with Crippen LogP contribution in [0.5, 0.6) is 0 Å². The lowest BCUT2D eigenvalue weighted by Crippen LogP contribution is -2.46. The molecule has 49 heavy (non-hydrogen) atoms. The molecule has 6 rings (SSSR count). The molecule has 2 N–H and O–H groups in total. The Hall–Kier alpha value is -4.96. The summed E-state index contributed by atoms with van der Waals surface area (Å²) in [4.78, 5) is 56.9. The number of hydrogen-bond acceptors (Lipinski definition) is 7. The number of allylic oxidation sites excluding steroid dienone is 1. The van der Waals surface area contributed by atoms with Gasteiger partial charge in [0.15, 0.2) is 0 Å². The summed E-state index contributed by atoms with van der Waals surface area (Å²) in [6.07, 6.45) is 4.65. The Morgan fingerprint density at radius 2 is 1.59 bits per heavy atom. The number of rotatable bonds is 9. The lowest BCUT2D eigenvalue weighted by molar-refractivity contribution is -0.150. The van der Waals surface area contributed by atoms with Crippen LogP contribution in [-0.4, -0.2) is 83.8 Å². The average molecular weight is 666 g/mol. The molecule has 0 bridgehead atoms. The van der Waals surface area contributed by atoms with Gasteiger partial charge in [-0.3, -0.25) is 9.59 Å². The van der Waals surface area contributed by atoms with E-state index in [0.29, 0.717) is 25.9 Å². The van der Waals surface area contributed by atoms with Gasteiger partial charge in [-0.1, -0.05) is 91.0 Å². The minimum Gasteiger partial charge on any atom is -0.462 e. The van der Waals surface area contributed by atoms with Crippen LogP contribution in [0.2, 0.25) is 0 Å². The van der Waals surface area contributed by atoms with Crippen LogP contribution in [0.3, 0.4) is 0 Å². The van der Waals surface area contributed by atoms with Crippen molar-refractivity contribution in [1.29, 1.82) is 0 Å². The molecule has 10 heteroatoms. The fourth-order valence-electron chi connectivity index (χ4n) is 7.13. The number of aliphatic hydroxyl groups excluding tert-OH is 1. The largest absolute Gasteiger partial charge is 0.462 e. The van der Waals surface area contributed by atoms with Gasteiger partial charge in [0.05, 0.1) is 18.6 Å². The van der Waals surface area contributed by atoms with Gasteiger partial charge in [-0.15, -0.1) is 0 Å². The molecule has 0 saturated carbocycles. The van der Waals surface area contributed by atoms with Crippen molar-refractivity contribution < 1.29 is 33.8 Å². The van der Waals surface area contributed by atoms with Crippen LogP contribution in [0.25, 0.3) is 11.1 Å². The Morgan fingerprint density at radius 3 is 2.31 bits per heavy atom. The van der Waals surface area contributed by atoms with Gasteiger partial charge in [0.1, 0.15) is 19.3 Å². The first-order valence-corrected chi connectivity index (χ1v) is 17.1. The SMILES string of the molecule is O=C(N[C@H]1C/C=C/C[C@@H](CC(=O)N(CCO)Cc2ccccc2)C(=O)N2CCC[C@@H]2COC1=O)OCC1c2ccccc2-c2ccccc21. The first kappa shape index (κ1) is 33.9. The Balaban J connectivity index is 1.12. The molecule has 256 valence electrons. The van der Waals surface area contributed by atoms with Crippen molar-refractivity contribution in [3.63, 3.8) is 0 Å². The fourth-order valence-corrected chi connectivity index (χ4v) is 7.13. The summed E-state index contributed by atoms with van der Waals surface area (Å²) in [5.74, 6) is -1.69. The van der Waals surface area contributed by atoms with E-state index < -0.39 is 24.0 Å². The molecule has 0 radical (unpaired) electrons. The molecule has 1 fully saturated rings. The standard InChI is InChI=1S/C39H43N3O7/c43-22-21-41(24-27-11-2-1-3-12-27)36(44)23-28-13-4-9-19-35(38(46)48-25-29-14-10-20-42(29)37(28)45)40-39(47)49-26-34-32-17-7-5-15-30(32)31-16-6-8-18-33(31)34/h1-9,11-12,15-18,28-29,34-35,43H,10,13-14,19-26H2,(H,40,47)/b9-4+/t28-,29+,35-/m0/s1. The summed E-state index contributed by atoms with van der Waals surface area (Å²) < 4.78 is 11.4. The van der Waals surface area contributed by atoms with Crippen LogP contribution < -0.4 is 5.32 Å². The van der Waals surface area contributed by atoms with Crippen LogP contribution in [-0.2, 0) is 30.4 Å². The molecule has 3 atom stereocenters. The third kappa shape index (κ3) is 8.03. The summed E-state index contributed by atoms with van der Waals surface area (Å²) in [5.41, 5.74) is 5.36. The number of aliphatic hydroxyl groups is 1. The minimum atomic E-state index is -0.983. The molecule has 3 aliphatic rings. The molecule has 2 heterocycles. The molecular weight excluding hydrogens is 622 g/mol. The number of carbonyl (C=O) groups is 4. The Labute approximate surface area is 286 Å². The summed E-state index contributed by atoms with van der Waals surface area (Å²) in [6, 6.07) is 24.4. The van der Waals surface area contributed by atoms with Gasteiger partial charge < -0.3 is 29.7 Å². The van der Waals surface area contributed by atoms with Crippen LogP contribution >= 0.6 is 0 Å². The number of nitrogens with one attached hydrogen (secondary N) is 1. The second-order valence-corrected chi connectivity index (χ2v) is 12.8. The maximum atomic E-state index is 13.8. The van der Waals surface area contributed by atoms with Gasteiger partial charge in [0.25, 0.3) is 0 Å². The molecule has 3 aromatic rings. The molecule has 0 unspecified atom stereocenters. The Bertz CT molecular complexity index is 1630. The highest BCUT2D eigenvalue weighted by Crippen LogP contribution is 2.44.